The van der Waals surface area contributed by atoms with Crippen LogP contribution in [0.25, 0.3) is 0 Å². The molecule has 19 heavy (non-hydrogen) atoms. The van der Waals surface area contributed by atoms with E-state index in [1.165, 1.54) is 0 Å². The van der Waals surface area contributed by atoms with E-state index < -0.39 is 0 Å². The summed E-state index contributed by atoms with van der Waals surface area (Å²) < 4.78 is 5.55. The first-order chi connectivity index (χ1) is 9.20. The molecular formula is C15H22N2O2. The van der Waals surface area contributed by atoms with E-state index in [9.17, 15) is 5.11 Å². The van der Waals surface area contributed by atoms with Crippen molar-refractivity contribution in [2.45, 2.75) is 25.9 Å². The summed E-state index contributed by atoms with van der Waals surface area (Å²) in [6.45, 7) is 4.49. The molecule has 2 fully saturated rings. The second-order valence-corrected chi connectivity index (χ2v) is 5.60. The van der Waals surface area contributed by atoms with E-state index in [1.807, 2.05) is 25.1 Å². The van der Waals surface area contributed by atoms with Crippen molar-refractivity contribution in [1.29, 1.82) is 0 Å². The Labute approximate surface area is 114 Å². The van der Waals surface area contributed by atoms with Gasteiger partial charge in [-0.2, -0.15) is 0 Å². The number of nitrogens with zero attached hydrogens (tertiary/aromatic N) is 1. The molecule has 1 saturated heterocycles. The Morgan fingerprint density at radius 3 is 2.95 bits per heavy atom. The normalized spacial score (nSPS) is 29.6. The maximum Gasteiger partial charge on any atom is 0.144 e. The standard InChI is InChI=1S/C15H22N2O2/c1-2-19-14-5-3-4-12(15(14)16)17-8-10-6-7-13(18)11(10)9-17/h3-5,10-11,13,18H,2,6-9,16H2,1H3. The number of hydrogen-bond acceptors (Lipinski definition) is 4. The lowest BCUT2D eigenvalue weighted by molar-refractivity contribution is 0.133. The largest absolute Gasteiger partial charge is 0.492 e. The number of nitrogen functional groups attached to an aromatic ring is 1. The molecular weight excluding hydrogens is 240 g/mol. The fourth-order valence-electron chi connectivity index (χ4n) is 3.52. The molecule has 3 unspecified atom stereocenters. The Kier molecular flexibility index (Phi) is 3.27. The van der Waals surface area contributed by atoms with Gasteiger partial charge in [0.2, 0.25) is 0 Å². The number of aliphatic hydroxyl groups excluding tert-OH is 1. The van der Waals surface area contributed by atoms with Crippen molar-refractivity contribution in [3.8, 4) is 5.75 Å². The monoisotopic (exact) mass is 262 g/mol. The fraction of sp³-hybridized carbons (Fsp3) is 0.600. The SMILES string of the molecule is CCOc1cccc(N2CC3CCC(O)C3C2)c1N. The lowest BCUT2D eigenvalue weighted by Crippen LogP contribution is -2.25. The summed E-state index contributed by atoms with van der Waals surface area (Å²) in [7, 11) is 0. The molecule has 4 heteroatoms. The maximum absolute atomic E-state index is 9.99. The molecule has 0 bridgehead atoms. The number of hydrogen-bond donors (Lipinski definition) is 2. The zero-order valence-corrected chi connectivity index (χ0v) is 11.4. The summed E-state index contributed by atoms with van der Waals surface area (Å²) in [5.74, 6) is 1.79. The first-order valence-corrected chi connectivity index (χ1v) is 7.15. The lowest BCUT2D eigenvalue weighted by Gasteiger charge is -2.23. The molecule has 0 radical (unpaired) electrons. The molecule has 0 amide bonds. The molecule has 1 aliphatic carbocycles. The molecule has 1 aromatic carbocycles. The molecule has 1 saturated carbocycles. The van der Waals surface area contributed by atoms with Gasteiger partial charge in [0.25, 0.3) is 0 Å². The summed E-state index contributed by atoms with van der Waals surface area (Å²) in [5, 5.41) is 9.99. The van der Waals surface area contributed by atoms with Crippen molar-refractivity contribution in [3.05, 3.63) is 18.2 Å². The molecule has 1 heterocycles. The number of nitrogens with two attached hydrogens (primary N) is 1. The number of fused-ring (bicyclic) bond motifs is 1. The van der Waals surface area contributed by atoms with E-state index >= 15 is 0 Å². The second-order valence-electron chi connectivity index (χ2n) is 5.60. The minimum atomic E-state index is -0.133. The van der Waals surface area contributed by atoms with Gasteiger partial charge in [-0.1, -0.05) is 6.07 Å². The predicted molar refractivity (Wildman–Crippen MR) is 76.5 cm³/mol. The second kappa shape index (κ2) is 4.93. The van der Waals surface area contributed by atoms with E-state index in [-0.39, 0.29) is 6.10 Å². The highest BCUT2D eigenvalue weighted by molar-refractivity contribution is 5.74. The highest BCUT2D eigenvalue weighted by Gasteiger charge is 2.42. The lowest BCUT2D eigenvalue weighted by atomic mass is 10.00. The van der Waals surface area contributed by atoms with Crippen molar-refractivity contribution in [1.82, 2.24) is 0 Å². The third kappa shape index (κ3) is 2.14. The van der Waals surface area contributed by atoms with Crippen LogP contribution >= 0.6 is 0 Å². The van der Waals surface area contributed by atoms with Crippen LogP contribution in [0.3, 0.4) is 0 Å². The first-order valence-electron chi connectivity index (χ1n) is 7.15. The van der Waals surface area contributed by atoms with Crippen molar-refractivity contribution in [2.75, 3.05) is 30.3 Å². The quantitative estimate of drug-likeness (QED) is 0.817. The van der Waals surface area contributed by atoms with E-state index in [2.05, 4.69) is 4.90 Å². The molecule has 4 nitrogen and oxygen atoms in total. The van der Waals surface area contributed by atoms with Crippen LogP contribution in [0.2, 0.25) is 0 Å². The molecule has 104 valence electrons. The van der Waals surface area contributed by atoms with Crippen LogP contribution in [0, 0.1) is 11.8 Å². The van der Waals surface area contributed by atoms with E-state index in [1.54, 1.807) is 0 Å². The summed E-state index contributed by atoms with van der Waals surface area (Å²) in [6, 6.07) is 5.95. The highest BCUT2D eigenvalue weighted by atomic mass is 16.5. The summed E-state index contributed by atoms with van der Waals surface area (Å²) >= 11 is 0. The van der Waals surface area contributed by atoms with Crippen LogP contribution in [0.5, 0.6) is 5.75 Å². The van der Waals surface area contributed by atoms with Gasteiger partial charge in [0.1, 0.15) is 5.75 Å². The molecule has 0 aromatic heterocycles. The Bertz CT molecular complexity index is 463. The van der Waals surface area contributed by atoms with Crippen LogP contribution in [0.15, 0.2) is 18.2 Å². The number of ether oxygens (including phenoxy) is 1. The van der Waals surface area contributed by atoms with Crippen LogP contribution in [-0.4, -0.2) is 30.9 Å². The van der Waals surface area contributed by atoms with Gasteiger partial charge in [-0.3, -0.25) is 0 Å². The third-order valence-electron chi connectivity index (χ3n) is 4.50. The molecule has 2 aliphatic rings. The number of rotatable bonds is 3. The average Bonchev–Trinajstić information content (AvgIpc) is 2.95. The van der Waals surface area contributed by atoms with Gasteiger partial charge in [-0.05, 0) is 37.8 Å². The van der Waals surface area contributed by atoms with Gasteiger partial charge in [0, 0.05) is 19.0 Å². The van der Waals surface area contributed by atoms with Crippen LogP contribution in [0.4, 0.5) is 11.4 Å². The van der Waals surface area contributed by atoms with Gasteiger partial charge in [-0.25, -0.2) is 0 Å². The van der Waals surface area contributed by atoms with Gasteiger partial charge < -0.3 is 20.5 Å². The van der Waals surface area contributed by atoms with Crippen LogP contribution in [-0.2, 0) is 0 Å². The Hall–Kier alpha value is -1.42. The maximum atomic E-state index is 9.99. The average molecular weight is 262 g/mol. The van der Waals surface area contributed by atoms with Crippen molar-refractivity contribution in [2.24, 2.45) is 11.8 Å². The molecule has 3 N–H and O–H groups in total. The molecule has 0 spiro atoms. The zero-order valence-electron chi connectivity index (χ0n) is 11.4. The highest BCUT2D eigenvalue weighted by Crippen LogP contribution is 2.42. The minimum Gasteiger partial charge on any atom is -0.492 e. The number of benzene rings is 1. The number of anilines is 2. The van der Waals surface area contributed by atoms with Crippen LogP contribution < -0.4 is 15.4 Å². The molecule has 1 aliphatic heterocycles. The summed E-state index contributed by atoms with van der Waals surface area (Å²) in [5.41, 5.74) is 7.97. The van der Waals surface area contributed by atoms with Crippen molar-refractivity contribution < 1.29 is 9.84 Å². The Morgan fingerprint density at radius 1 is 1.37 bits per heavy atom. The molecule has 3 atom stereocenters. The Morgan fingerprint density at radius 2 is 2.21 bits per heavy atom. The van der Waals surface area contributed by atoms with Crippen molar-refractivity contribution in [3.63, 3.8) is 0 Å². The predicted octanol–water partition coefficient (Wildman–Crippen LogP) is 1.87. The van der Waals surface area contributed by atoms with Crippen LogP contribution in [0.1, 0.15) is 19.8 Å². The summed E-state index contributed by atoms with van der Waals surface area (Å²) in [6.07, 6.45) is 1.96. The smallest absolute Gasteiger partial charge is 0.144 e. The van der Waals surface area contributed by atoms with Gasteiger partial charge in [0.05, 0.1) is 24.1 Å². The van der Waals surface area contributed by atoms with Gasteiger partial charge in [-0.15, -0.1) is 0 Å². The van der Waals surface area contributed by atoms with Crippen molar-refractivity contribution >= 4 is 11.4 Å². The molecule has 3 rings (SSSR count). The fourth-order valence-corrected chi connectivity index (χ4v) is 3.52. The first kappa shape index (κ1) is 12.6. The minimum absolute atomic E-state index is 0.133. The van der Waals surface area contributed by atoms with Gasteiger partial charge >= 0.3 is 0 Å². The summed E-state index contributed by atoms with van der Waals surface area (Å²) in [4.78, 5) is 2.30. The number of aliphatic hydroxyl groups is 1. The number of para-hydroxylation sites is 1. The topological polar surface area (TPSA) is 58.7 Å². The van der Waals surface area contributed by atoms with E-state index in [4.69, 9.17) is 10.5 Å². The van der Waals surface area contributed by atoms with E-state index in [0.717, 1.165) is 43.1 Å². The molecule has 1 aromatic rings. The van der Waals surface area contributed by atoms with E-state index in [0.29, 0.717) is 18.4 Å². The van der Waals surface area contributed by atoms with Gasteiger partial charge in [0.15, 0.2) is 0 Å². The zero-order chi connectivity index (χ0) is 13.4. The third-order valence-corrected chi connectivity index (χ3v) is 4.50. The Balaban J connectivity index is 1.82.